The number of hydrogen-bond acceptors (Lipinski definition) is 2. The highest BCUT2D eigenvalue weighted by atomic mass is 16.4. The number of carboxylic acid groups (broad SMARTS) is 1. The second-order valence-electron chi connectivity index (χ2n) is 5.60. The Labute approximate surface area is 122 Å². The Bertz CT molecular complexity index is 704. The number of rotatable bonds is 4. The highest BCUT2D eigenvalue weighted by Gasteiger charge is 2.21. The Morgan fingerprint density at radius 2 is 1.81 bits per heavy atom. The van der Waals surface area contributed by atoms with E-state index in [1.165, 1.54) is 6.42 Å². The van der Waals surface area contributed by atoms with E-state index in [1.54, 1.807) is 12.1 Å². The molecule has 0 aliphatic heterocycles. The molecule has 1 fully saturated rings. The van der Waals surface area contributed by atoms with Crippen LogP contribution in [-0.4, -0.2) is 17.0 Å². The first-order chi connectivity index (χ1) is 10.1. The van der Waals surface area contributed by atoms with E-state index >= 15 is 0 Å². The molecule has 108 valence electrons. The van der Waals surface area contributed by atoms with E-state index in [-0.39, 0.29) is 11.5 Å². The molecule has 4 heteroatoms. The fourth-order valence-electron chi connectivity index (χ4n) is 2.68. The van der Waals surface area contributed by atoms with E-state index in [9.17, 15) is 14.7 Å². The normalized spacial score (nSPS) is 14.7. The van der Waals surface area contributed by atoms with Gasteiger partial charge >= 0.3 is 5.97 Å². The van der Waals surface area contributed by atoms with Gasteiger partial charge in [0.05, 0.1) is 11.3 Å². The van der Waals surface area contributed by atoms with Crippen LogP contribution in [-0.2, 0) is 4.79 Å². The largest absolute Gasteiger partial charge is 0.478 e. The minimum atomic E-state index is -1.03. The number of aromatic carboxylic acids is 1. The number of hydrogen-bond donors (Lipinski definition) is 2. The number of nitrogens with one attached hydrogen (secondary N) is 1. The lowest BCUT2D eigenvalue weighted by atomic mass is 9.83. The Balaban J connectivity index is 1.89. The molecule has 2 aromatic rings. The molecule has 2 N–H and O–H groups in total. The smallest absolute Gasteiger partial charge is 0.337 e. The van der Waals surface area contributed by atoms with Gasteiger partial charge in [-0.1, -0.05) is 30.7 Å². The summed E-state index contributed by atoms with van der Waals surface area (Å²) in [4.78, 5) is 23.4. The van der Waals surface area contributed by atoms with Crippen molar-refractivity contribution in [3.8, 4) is 0 Å². The van der Waals surface area contributed by atoms with Crippen LogP contribution < -0.4 is 5.32 Å². The molecule has 0 aromatic heterocycles. The minimum Gasteiger partial charge on any atom is -0.478 e. The maximum Gasteiger partial charge on any atom is 0.337 e. The van der Waals surface area contributed by atoms with Crippen molar-refractivity contribution in [2.75, 3.05) is 5.32 Å². The number of benzene rings is 2. The Kier molecular flexibility index (Phi) is 3.60. The summed E-state index contributed by atoms with van der Waals surface area (Å²) in [5.74, 6) is -0.670. The van der Waals surface area contributed by atoms with Gasteiger partial charge in [-0.05, 0) is 41.7 Å². The van der Waals surface area contributed by atoms with Gasteiger partial charge in [-0.25, -0.2) is 4.79 Å². The van der Waals surface area contributed by atoms with Crippen LogP contribution in [0.5, 0.6) is 0 Å². The average molecular weight is 283 g/mol. The van der Waals surface area contributed by atoms with Gasteiger partial charge in [0.1, 0.15) is 0 Å². The number of fused-ring (bicyclic) bond motifs is 1. The average Bonchev–Trinajstić information content (AvgIpc) is 2.42. The fraction of sp³-hybridized carbons (Fsp3) is 0.294. The van der Waals surface area contributed by atoms with Crippen molar-refractivity contribution in [3.05, 3.63) is 42.0 Å². The van der Waals surface area contributed by atoms with E-state index in [2.05, 4.69) is 5.32 Å². The summed E-state index contributed by atoms with van der Waals surface area (Å²) >= 11 is 0. The molecule has 0 unspecified atom stereocenters. The molecule has 3 rings (SSSR count). The Morgan fingerprint density at radius 1 is 1.14 bits per heavy atom. The second kappa shape index (κ2) is 5.56. The van der Waals surface area contributed by atoms with Crippen LogP contribution >= 0.6 is 0 Å². The van der Waals surface area contributed by atoms with Crippen molar-refractivity contribution in [1.82, 2.24) is 0 Å². The molecule has 0 saturated heterocycles. The van der Waals surface area contributed by atoms with E-state index in [0.29, 0.717) is 18.0 Å². The molecule has 0 atom stereocenters. The van der Waals surface area contributed by atoms with Crippen LogP contribution in [0.3, 0.4) is 0 Å². The van der Waals surface area contributed by atoms with Crippen molar-refractivity contribution in [2.45, 2.75) is 25.7 Å². The van der Waals surface area contributed by atoms with Gasteiger partial charge in [0, 0.05) is 6.42 Å². The van der Waals surface area contributed by atoms with Crippen molar-refractivity contribution in [3.63, 3.8) is 0 Å². The molecular weight excluding hydrogens is 266 g/mol. The molecule has 1 aliphatic rings. The fourth-order valence-corrected chi connectivity index (χ4v) is 2.68. The van der Waals surface area contributed by atoms with Crippen molar-refractivity contribution in [2.24, 2.45) is 5.92 Å². The van der Waals surface area contributed by atoms with E-state index in [1.807, 2.05) is 24.3 Å². The predicted octanol–water partition coefficient (Wildman–Crippen LogP) is 3.67. The summed E-state index contributed by atoms with van der Waals surface area (Å²) in [5, 5.41) is 13.9. The van der Waals surface area contributed by atoms with Crippen LogP contribution in [0.4, 0.5) is 5.69 Å². The molecule has 0 spiro atoms. The van der Waals surface area contributed by atoms with Crippen molar-refractivity contribution >= 4 is 28.3 Å². The van der Waals surface area contributed by atoms with Gasteiger partial charge in [-0.15, -0.1) is 0 Å². The molecule has 1 amide bonds. The van der Waals surface area contributed by atoms with Crippen LogP contribution in [0.2, 0.25) is 0 Å². The zero-order valence-corrected chi connectivity index (χ0v) is 11.6. The lowest BCUT2D eigenvalue weighted by Gasteiger charge is -2.24. The third-order valence-electron chi connectivity index (χ3n) is 4.09. The number of carbonyl (C=O) groups is 2. The summed E-state index contributed by atoms with van der Waals surface area (Å²) in [6.07, 6.45) is 3.86. The predicted molar refractivity (Wildman–Crippen MR) is 81.5 cm³/mol. The summed E-state index contributed by atoms with van der Waals surface area (Å²) in [5.41, 5.74) is 0.515. The molecule has 1 saturated carbocycles. The molecule has 0 bridgehead atoms. The van der Waals surface area contributed by atoms with Gasteiger partial charge in [0.15, 0.2) is 0 Å². The molecule has 1 aliphatic carbocycles. The summed E-state index contributed by atoms with van der Waals surface area (Å²) < 4.78 is 0. The molecule has 21 heavy (non-hydrogen) atoms. The SMILES string of the molecule is O=C(CC1CCC1)Nc1cc2ccccc2cc1C(=O)O. The molecule has 4 nitrogen and oxygen atoms in total. The first-order valence-electron chi connectivity index (χ1n) is 7.19. The van der Waals surface area contributed by atoms with Gasteiger partial charge in [-0.2, -0.15) is 0 Å². The zero-order chi connectivity index (χ0) is 14.8. The molecule has 0 radical (unpaired) electrons. The van der Waals surface area contributed by atoms with E-state index < -0.39 is 5.97 Å². The number of anilines is 1. The summed E-state index contributed by atoms with van der Waals surface area (Å²) in [6.45, 7) is 0. The molecule has 0 heterocycles. The highest BCUT2D eigenvalue weighted by Crippen LogP contribution is 2.30. The lowest BCUT2D eigenvalue weighted by Crippen LogP contribution is -2.21. The van der Waals surface area contributed by atoms with Gasteiger partial charge in [-0.3, -0.25) is 4.79 Å². The molecular formula is C17H17NO3. The topological polar surface area (TPSA) is 66.4 Å². The molecule has 2 aromatic carbocycles. The maximum atomic E-state index is 12.0. The quantitative estimate of drug-likeness (QED) is 0.899. The van der Waals surface area contributed by atoms with E-state index in [0.717, 1.165) is 23.6 Å². The van der Waals surface area contributed by atoms with Crippen molar-refractivity contribution in [1.29, 1.82) is 0 Å². The van der Waals surface area contributed by atoms with Gasteiger partial charge < -0.3 is 10.4 Å². The lowest BCUT2D eigenvalue weighted by molar-refractivity contribution is -0.117. The first kappa shape index (κ1) is 13.6. The summed E-state index contributed by atoms with van der Waals surface area (Å²) in [7, 11) is 0. The Morgan fingerprint density at radius 3 is 2.38 bits per heavy atom. The van der Waals surface area contributed by atoms with Crippen LogP contribution in [0.1, 0.15) is 36.0 Å². The number of amides is 1. The van der Waals surface area contributed by atoms with Crippen LogP contribution in [0.25, 0.3) is 10.8 Å². The summed E-state index contributed by atoms with van der Waals surface area (Å²) in [6, 6.07) is 10.9. The van der Waals surface area contributed by atoms with Crippen molar-refractivity contribution < 1.29 is 14.7 Å². The first-order valence-corrected chi connectivity index (χ1v) is 7.19. The minimum absolute atomic E-state index is 0.0996. The highest BCUT2D eigenvalue weighted by molar-refractivity contribution is 6.05. The number of carboxylic acids is 1. The third kappa shape index (κ3) is 2.89. The number of carbonyl (C=O) groups excluding carboxylic acids is 1. The standard InChI is InChI=1S/C17H17NO3/c19-16(8-11-4-3-5-11)18-15-10-13-7-2-1-6-12(13)9-14(15)17(20)21/h1-2,6-7,9-11H,3-5,8H2,(H,18,19)(H,20,21). The Hall–Kier alpha value is -2.36. The van der Waals surface area contributed by atoms with Crippen LogP contribution in [0, 0.1) is 5.92 Å². The van der Waals surface area contributed by atoms with E-state index in [4.69, 9.17) is 0 Å². The second-order valence-corrected chi connectivity index (χ2v) is 5.60. The van der Waals surface area contributed by atoms with Gasteiger partial charge in [0.25, 0.3) is 0 Å². The zero-order valence-electron chi connectivity index (χ0n) is 11.6. The van der Waals surface area contributed by atoms with Crippen LogP contribution in [0.15, 0.2) is 36.4 Å². The monoisotopic (exact) mass is 283 g/mol. The third-order valence-corrected chi connectivity index (χ3v) is 4.09. The van der Waals surface area contributed by atoms with Gasteiger partial charge in [0.2, 0.25) is 5.91 Å². The maximum absolute atomic E-state index is 12.0.